The zero-order valence-corrected chi connectivity index (χ0v) is 12.2. The van der Waals surface area contributed by atoms with Gasteiger partial charge < -0.3 is 10.2 Å². The first-order valence-electron chi connectivity index (χ1n) is 7.84. The number of hydrogen-bond acceptors (Lipinski definition) is 2. The molecule has 0 radical (unpaired) electrons. The zero-order valence-electron chi connectivity index (χ0n) is 12.2. The summed E-state index contributed by atoms with van der Waals surface area (Å²) in [5.74, 6) is 0.848. The summed E-state index contributed by atoms with van der Waals surface area (Å²) >= 11 is 0. The highest BCUT2D eigenvalue weighted by Crippen LogP contribution is 2.35. The molecule has 0 heterocycles. The van der Waals surface area contributed by atoms with Gasteiger partial charge in [-0.1, -0.05) is 12.1 Å². The largest absolute Gasteiger partial charge is 0.368 e. The first kappa shape index (κ1) is 13.0. The standard InChI is InChI=1S/C17H26N2/c1-3-19(16-6-4-5-13(2)11-16)17-10-7-14(17)12-18-15-8-9-15/h4-6,11,14-15,17-18H,3,7-10,12H2,1-2H3. The second-order valence-corrected chi connectivity index (χ2v) is 6.21. The Morgan fingerprint density at radius 1 is 1.21 bits per heavy atom. The van der Waals surface area contributed by atoms with Crippen LogP contribution in [0.3, 0.4) is 0 Å². The maximum Gasteiger partial charge on any atom is 0.0371 e. The van der Waals surface area contributed by atoms with Crippen LogP contribution in [0, 0.1) is 12.8 Å². The summed E-state index contributed by atoms with van der Waals surface area (Å²) in [6.07, 6.45) is 5.55. The third-order valence-corrected chi connectivity index (χ3v) is 4.70. The Morgan fingerprint density at radius 3 is 2.63 bits per heavy atom. The molecule has 2 heteroatoms. The third kappa shape index (κ3) is 2.94. The lowest BCUT2D eigenvalue weighted by Crippen LogP contribution is -2.51. The molecule has 19 heavy (non-hydrogen) atoms. The molecule has 2 fully saturated rings. The Hall–Kier alpha value is -1.02. The van der Waals surface area contributed by atoms with Gasteiger partial charge in [0.15, 0.2) is 0 Å². The van der Waals surface area contributed by atoms with Gasteiger partial charge in [0.25, 0.3) is 0 Å². The topological polar surface area (TPSA) is 15.3 Å². The SMILES string of the molecule is CCN(c1cccc(C)c1)C1CCC1CNC1CC1. The van der Waals surface area contributed by atoms with Gasteiger partial charge in [-0.3, -0.25) is 0 Å². The van der Waals surface area contributed by atoms with E-state index in [1.165, 1.54) is 43.5 Å². The lowest BCUT2D eigenvalue weighted by Gasteiger charge is -2.45. The highest BCUT2D eigenvalue weighted by atomic mass is 15.2. The minimum Gasteiger partial charge on any atom is -0.368 e. The summed E-state index contributed by atoms with van der Waals surface area (Å²) in [5, 5.41) is 3.70. The van der Waals surface area contributed by atoms with Gasteiger partial charge in [-0.15, -0.1) is 0 Å². The fourth-order valence-corrected chi connectivity index (χ4v) is 3.22. The molecular formula is C17H26N2. The molecule has 0 saturated heterocycles. The Morgan fingerprint density at radius 2 is 2.05 bits per heavy atom. The van der Waals surface area contributed by atoms with E-state index in [1.54, 1.807) is 0 Å². The van der Waals surface area contributed by atoms with E-state index in [2.05, 4.69) is 48.3 Å². The third-order valence-electron chi connectivity index (χ3n) is 4.70. The average molecular weight is 258 g/mol. The van der Waals surface area contributed by atoms with Crippen molar-refractivity contribution in [1.29, 1.82) is 0 Å². The van der Waals surface area contributed by atoms with Crippen molar-refractivity contribution in [1.82, 2.24) is 5.32 Å². The molecule has 1 aromatic carbocycles. The van der Waals surface area contributed by atoms with E-state index in [0.717, 1.165) is 24.5 Å². The summed E-state index contributed by atoms with van der Waals surface area (Å²) in [5.41, 5.74) is 2.77. The van der Waals surface area contributed by atoms with Gasteiger partial charge in [0.1, 0.15) is 0 Å². The van der Waals surface area contributed by atoms with Gasteiger partial charge in [-0.25, -0.2) is 0 Å². The van der Waals surface area contributed by atoms with E-state index in [1.807, 2.05) is 0 Å². The van der Waals surface area contributed by atoms with Crippen LogP contribution in [-0.4, -0.2) is 25.2 Å². The van der Waals surface area contributed by atoms with E-state index in [0.29, 0.717) is 0 Å². The molecule has 2 unspecified atom stereocenters. The Balaban J connectivity index is 1.64. The van der Waals surface area contributed by atoms with Crippen LogP contribution < -0.4 is 10.2 Å². The minimum absolute atomic E-state index is 0.748. The summed E-state index contributed by atoms with van der Waals surface area (Å²) in [7, 11) is 0. The van der Waals surface area contributed by atoms with Crippen LogP contribution >= 0.6 is 0 Å². The number of aryl methyl sites for hydroxylation is 1. The average Bonchev–Trinajstić information content (AvgIpc) is 3.18. The highest BCUT2D eigenvalue weighted by Gasteiger charge is 2.36. The van der Waals surface area contributed by atoms with Crippen LogP contribution in [0.4, 0.5) is 5.69 Å². The van der Waals surface area contributed by atoms with Gasteiger partial charge in [-0.05, 0) is 63.1 Å². The van der Waals surface area contributed by atoms with Gasteiger partial charge in [0, 0.05) is 30.9 Å². The first-order valence-corrected chi connectivity index (χ1v) is 7.84. The van der Waals surface area contributed by atoms with Crippen molar-refractivity contribution in [2.45, 2.75) is 51.6 Å². The van der Waals surface area contributed by atoms with E-state index < -0.39 is 0 Å². The monoisotopic (exact) mass is 258 g/mol. The molecular weight excluding hydrogens is 232 g/mol. The normalized spacial score (nSPS) is 26.0. The second-order valence-electron chi connectivity index (χ2n) is 6.21. The lowest BCUT2D eigenvalue weighted by molar-refractivity contribution is 0.234. The van der Waals surface area contributed by atoms with Crippen molar-refractivity contribution in [3.63, 3.8) is 0 Å². The molecule has 1 aromatic rings. The van der Waals surface area contributed by atoms with Crippen LogP contribution in [0.1, 0.15) is 38.2 Å². The predicted molar refractivity (Wildman–Crippen MR) is 81.7 cm³/mol. The quantitative estimate of drug-likeness (QED) is 0.842. The lowest BCUT2D eigenvalue weighted by atomic mass is 9.78. The smallest absolute Gasteiger partial charge is 0.0371 e. The predicted octanol–water partition coefficient (Wildman–Crippen LogP) is 3.35. The van der Waals surface area contributed by atoms with Crippen LogP contribution in [0.15, 0.2) is 24.3 Å². The number of rotatable bonds is 6. The number of nitrogens with zero attached hydrogens (tertiary/aromatic N) is 1. The van der Waals surface area contributed by atoms with Crippen molar-refractivity contribution in [2.24, 2.45) is 5.92 Å². The molecule has 3 rings (SSSR count). The summed E-state index contributed by atoms with van der Waals surface area (Å²) in [6, 6.07) is 10.6. The van der Waals surface area contributed by atoms with E-state index in [4.69, 9.17) is 0 Å². The molecule has 0 amide bonds. The molecule has 2 atom stereocenters. The maximum atomic E-state index is 3.70. The molecule has 0 aromatic heterocycles. The van der Waals surface area contributed by atoms with Crippen LogP contribution in [0.2, 0.25) is 0 Å². The highest BCUT2D eigenvalue weighted by molar-refractivity contribution is 5.50. The van der Waals surface area contributed by atoms with Crippen molar-refractivity contribution in [2.75, 3.05) is 18.0 Å². The second kappa shape index (κ2) is 5.54. The molecule has 0 spiro atoms. The van der Waals surface area contributed by atoms with Crippen LogP contribution in [0.5, 0.6) is 0 Å². The minimum atomic E-state index is 0.748. The van der Waals surface area contributed by atoms with Gasteiger partial charge in [-0.2, -0.15) is 0 Å². The molecule has 104 valence electrons. The summed E-state index contributed by atoms with van der Waals surface area (Å²) in [6.45, 7) is 6.81. The number of hydrogen-bond donors (Lipinski definition) is 1. The van der Waals surface area contributed by atoms with Crippen LogP contribution in [0.25, 0.3) is 0 Å². The molecule has 2 saturated carbocycles. The Kier molecular flexibility index (Phi) is 3.79. The Labute approximate surface area is 117 Å². The number of anilines is 1. The molecule has 2 nitrogen and oxygen atoms in total. The molecule has 1 N–H and O–H groups in total. The van der Waals surface area contributed by atoms with E-state index in [-0.39, 0.29) is 0 Å². The van der Waals surface area contributed by atoms with Gasteiger partial charge in [0.05, 0.1) is 0 Å². The molecule has 0 bridgehead atoms. The zero-order chi connectivity index (χ0) is 13.2. The maximum absolute atomic E-state index is 3.70. The fourth-order valence-electron chi connectivity index (χ4n) is 3.22. The summed E-state index contributed by atoms with van der Waals surface area (Å²) in [4.78, 5) is 2.61. The van der Waals surface area contributed by atoms with Crippen LogP contribution in [-0.2, 0) is 0 Å². The van der Waals surface area contributed by atoms with E-state index in [9.17, 15) is 0 Å². The molecule has 2 aliphatic carbocycles. The fraction of sp³-hybridized carbons (Fsp3) is 0.647. The first-order chi connectivity index (χ1) is 9.28. The van der Waals surface area contributed by atoms with Gasteiger partial charge in [0.2, 0.25) is 0 Å². The van der Waals surface area contributed by atoms with Crippen molar-refractivity contribution < 1.29 is 0 Å². The van der Waals surface area contributed by atoms with Crippen molar-refractivity contribution >= 4 is 5.69 Å². The Bertz CT molecular complexity index is 425. The van der Waals surface area contributed by atoms with Crippen molar-refractivity contribution in [3.8, 4) is 0 Å². The molecule has 0 aliphatic heterocycles. The molecule has 2 aliphatic rings. The summed E-state index contributed by atoms with van der Waals surface area (Å²) < 4.78 is 0. The number of benzene rings is 1. The van der Waals surface area contributed by atoms with Crippen molar-refractivity contribution in [3.05, 3.63) is 29.8 Å². The number of nitrogens with one attached hydrogen (secondary N) is 1. The van der Waals surface area contributed by atoms with E-state index >= 15 is 0 Å². The van der Waals surface area contributed by atoms with Gasteiger partial charge >= 0.3 is 0 Å².